The number of ether oxygens (including phenoxy) is 3. The number of hydrogen-bond acceptors (Lipinski definition) is 5. The van der Waals surface area contributed by atoms with Crippen LogP contribution in [0.25, 0.3) is 0 Å². The lowest BCUT2D eigenvalue weighted by Gasteiger charge is -2.14. The number of nitrogens with one attached hydrogen (secondary N) is 2. The Balaban J connectivity index is 1.77. The summed E-state index contributed by atoms with van der Waals surface area (Å²) in [5.74, 6) is 1.14. The largest absolute Gasteiger partial charge is 0.493 e. The zero-order chi connectivity index (χ0) is 20.6. The fourth-order valence-corrected chi connectivity index (χ4v) is 3.11. The van der Waals surface area contributed by atoms with E-state index in [1.54, 1.807) is 25.3 Å². The molecular weight excluding hydrogens is 370 g/mol. The van der Waals surface area contributed by atoms with Gasteiger partial charge in [-0.25, -0.2) is 4.99 Å². The molecule has 1 amide bonds. The summed E-state index contributed by atoms with van der Waals surface area (Å²) >= 11 is 0. The first kappa shape index (κ1) is 20.7. The molecule has 7 heteroatoms. The molecule has 7 nitrogen and oxygen atoms in total. The van der Waals surface area contributed by atoms with E-state index >= 15 is 0 Å². The molecule has 2 aromatic carbocycles. The number of methoxy groups -OCH3 is 2. The molecule has 0 unspecified atom stereocenters. The van der Waals surface area contributed by atoms with Gasteiger partial charge in [-0.3, -0.25) is 10.1 Å². The number of anilines is 1. The van der Waals surface area contributed by atoms with Crippen LogP contribution in [0.15, 0.2) is 47.5 Å². The molecule has 0 aliphatic carbocycles. The van der Waals surface area contributed by atoms with Crippen LogP contribution in [0, 0.1) is 6.92 Å². The van der Waals surface area contributed by atoms with Crippen molar-refractivity contribution in [2.45, 2.75) is 25.9 Å². The molecule has 3 rings (SSSR count). The number of carbonyl (C=O) groups excluding carboxylic acids is 1. The van der Waals surface area contributed by atoms with Crippen molar-refractivity contribution in [3.8, 4) is 11.5 Å². The monoisotopic (exact) mass is 397 g/mol. The number of rotatable bonds is 6. The van der Waals surface area contributed by atoms with Crippen LogP contribution in [0.1, 0.15) is 28.8 Å². The van der Waals surface area contributed by atoms with Gasteiger partial charge in [0.15, 0.2) is 11.5 Å². The summed E-state index contributed by atoms with van der Waals surface area (Å²) in [6.45, 7) is 3.26. The average molecular weight is 397 g/mol. The van der Waals surface area contributed by atoms with E-state index < -0.39 is 0 Å². The van der Waals surface area contributed by atoms with E-state index in [0.29, 0.717) is 29.6 Å². The fourth-order valence-electron chi connectivity index (χ4n) is 3.11. The molecule has 1 saturated heterocycles. The van der Waals surface area contributed by atoms with Crippen LogP contribution in [-0.2, 0) is 4.74 Å². The second-order valence-corrected chi connectivity index (χ2v) is 6.84. The molecule has 1 aliphatic rings. The van der Waals surface area contributed by atoms with E-state index in [1.807, 2.05) is 31.2 Å². The first-order valence-corrected chi connectivity index (χ1v) is 9.62. The molecular formula is C22H27N3O4. The summed E-state index contributed by atoms with van der Waals surface area (Å²) in [6.07, 6.45) is 2.10. The minimum Gasteiger partial charge on any atom is -0.493 e. The molecule has 2 N–H and O–H groups in total. The van der Waals surface area contributed by atoms with Crippen LogP contribution in [0.3, 0.4) is 0 Å². The van der Waals surface area contributed by atoms with Gasteiger partial charge in [-0.15, -0.1) is 0 Å². The van der Waals surface area contributed by atoms with Crippen LogP contribution in [0.5, 0.6) is 11.5 Å². The van der Waals surface area contributed by atoms with Crippen LogP contribution in [-0.4, -0.2) is 45.3 Å². The summed E-state index contributed by atoms with van der Waals surface area (Å²) in [5, 5.41) is 6.06. The van der Waals surface area contributed by atoms with Crippen molar-refractivity contribution in [1.82, 2.24) is 5.32 Å². The number of amides is 1. The van der Waals surface area contributed by atoms with E-state index in [-0.39, 0.29) is 12.0 Å². The van der Waals surface area contributed by atoms with Crippen LogP contribution >= 0.6 is 0 Å². The van der Waals surface area contributed by atoms with Crippen molar-refractivity contribution in [1.29, 1.82) is 0 Å². The molecule has 2 aromatic rings. The van der Waals surface area contributed by atoms with Crippen molar-refractivity contribution in [2.75, 3.05) is 32.7 Å². The molecule has 0 aromatic heterocycles. The average Bonchev–Trinajstić information content (AvgIpc) is 3.25. The van der Waals surface area contributed by atoms with Crippen LogP contribution < -0.4 is 20.1 Å². The van der Waals surface area contributed by atoms with Gasteiger partial charge in [0.1, 0.15) is 0 Å². The molecule has 154 valence electrons. The maximum absolute atomic E-state index is 12.8. The lowest BCUT2D eigenvalue weighted by Crippen LogP contribution is -2.36. The number of guanidine groups is 1. The van der Waals surface area contributed by atoms with Gasteiger partial charge >= 0.3 is 0 Å². The summed E-state index contributed by atoms with van der Waals surface area (Å²) in [4.78, 5) is 17.4. The molecule has 1 heterocycles. The van der Waals surface area contributed by atoms with E-state index in [0.717, 1.165) is 30.7 Å². The Labute approximate surface area is 171 Å². The Hall–Kier alpha value is -3.06. The van der Waals surface area contributed by atoms with E-state index in [4.69, 9.17) is 14.2 Å². The first-order chi connectivity index (χ1) is 14.1. The summed E-state index contributed by atoms with van der Waals surface area (Å²) in [7, 11) is 3.09. The molecule has 1 fully saturated rings. The molecule has 1 aliphatic heterocycles. The van der Waals surface area contributed by atoms with Crippen molar-refractivity contribution in [3.63, 3.8) is 0 Å². The first-order valence-electron chi connectivity index (χ1n) is 9.62. The fraction of sp³-hybridized carbons (Fsp3) is 0.364. The topological polar surface area (TPSA) is 81.2 Å². The number of aryl methyl sites for hydroxylation is 1. The van der Waals surface area contributed by atoms with Gasteiger partial charge in [0.2, 0.25) is 5.96 Å². The van der Waals surface area contributed by atoms with E-state index in [9.17, 15) is 4.79 Å². The second-order valence-electron chi connectivity index (χ2n) is 6.84. The molecule has 0 spiro atoms. The summed E-state index contributed by atoms with van der Waals surface area (Å²) < 4.78 is 16.2. The van der Waals surface area contributed by atoms with Gasteiger partial charge in [0, 0.05) is 17.9 Å². The number of benzene rings is 2. The number of hydrogen-bond donors (Lipinski definition) is 2. The van der Waals surface area contributed by atoms with Crippen molar-refractivity contribution >= 4 is 17.6 Å². The summed E-state index contributed by atoms with van der Waals surface area (Å²) in [6, 6.07) is 12.9. The highest BCUT2D eigenvalue weighted by Crippen LogP contribution is 2.27. The number of carbonyl (C=O) groups is 1. The molecule has 0 saturated carbocycles. The van der Waals surface area contributed by atoms with Crippen molar-refractivity contribution in [3.05, 3.63) is 53.6 Å². The molecule has 29 heavy (non-hydrogen) atoms. The molecule has 0 bridgehead atoms. The van der Waals surface area contributed by atoms with Gasteiger partial charge in [0.05, 0.1) is 26.9 Å². The quantitative estimate of drug-likeness (QED) is 0.577. The van der Waals surface area contributed by atoms with Gasteiger partial charge in [-0.05, 0) is 55.7 Å². The lowest BCUT2D eigenvalue weighted by atomic mass is 10.2. The Kier molecular flexibility index (Phi) is 7.08. The zero-order valence-corrected chi connectivity index (χ0v) is 17.0. The highest BCUT2D eigenvalue weighted by molar-refractivity contribution is 6.10. The Morgan fingerprint density at radius 2 is 2.00 bits per heavy atom. The minimum absolute atomic E-state index is 0.0855. The number of aliphatic imine (C=N–C) groups is 1. The zero-order valence-electron chi connectivity index (χ0n) is 17.0. The Bertz CT molecular complexity index is 876. The third kappa shape index (κ3) is 5.71. The maximum Gasteiger partial charge on any atom is 0.258 e. The number of nitrogens with zero attached hydrogens (tertiary/aromatic N) is 1. The Morgan fingerprint density at radius 3 is 2.69 bits per heavy atom. The van der Waals surface area contributed by atoms with E-state index in [2.05, 4.69) is 15.6 Å². The third-order valence-electron chi connectivity index (χ3n) is 4.64. The van der Waals surface area contributed by atoms with Crippen molar-refractivity contribution < 1.29 is 19.0 Å². The SMILES string of the molecule is COc1ccc(C(=O)NC(=NC[C@@H]2CCCO2)Nc2cccc(C)c2)cc1OC. The van der Waals surface area contributed by atoms with Crippen molar-refractivity contribution in [2.24, 2.45) is 4.99 Å². The van der Waals surface area contributed by atoms with Crippen LogP contribution in [0.4, 0.5) is 5.69 Å². The van der Waals surface area contributed by atoms with Gasteiger partial charge in [-0.1, -0.05) is 12.1 Å². The van der Waals surface area contributed by atoms with Crippen LogP contribution in [0.2, 0.25) is 0 Å². The minimum atomic E-state index is -0.294. The van der Waals surface area contributed by atoms with Gasteiger partial charge in [0.25, 0.3) is 5.91 Å². The standard InChI is InChI=1S/C22H27N3O4/c1-15-6-4-7-17(12-15)24-22(23-14-18-8-5-11-29-18)25-21(26)16-9-10-19(27-2)20(13-16)28-3/h4,6-7,9-10,12-13,18H,5,8,11,14H2,1-3H3,(H2,23,24,25,26)/t18-/m0/s1. The molecule has 0 radical (unpaired) electrons. The molecule has 1 atom stereocenters. The predicted molar refractivity (Wildman–Crippen MR) is 113 cm³/mol. The highest BCUT2D eigenvalue weighted by Gasteiger charge is 2.17. The maximum atomic E-state index is 12.8. The lowest BCUT2D eigenvalue weighted by molar-refractivity contribution is 0.0975. The smallest absolute Gasteiger partial charge is 0.258 e. The Morgan fingerprint density at radius 1 is 1.17 bits per heavy atom. The summed E-state index contributed by atoms with van der Waals surface area (Å²) in [5.41, 5.74) is 2.40. The normalized spacial score (nSPS) is 16.4. The van der Waals surface area contributed by atoms with E-state index in [1.165, 1.54) is 7.11 Å². The third-order valence-corrected chi connectivity index (χ3v) is 4.64. The highest BCUT2D eigenvalue weighted by atomic mass is 16.5. The predicted octanol–water partition coefficient (Wildman–Crippen LogP) is 3.39. The van der Waals surface area contributed by atoms with Gasteiger partial charge < -0.3 is 19.5 Å². The second kappa shape index (κ2) is 9.93. The van der Waals surface area contributed by atoms with Gasteiger partial charge in [-0.2, -0.15) is 0 Å².